The normalized spacial score (nSPS) is 11.2. The van der Waals surface area contributed by atoms with Crippen molar-refractivity contribution in [3.05, 3.63) is 71.8 Å². The van der Waals surface area contributed by atoms with Gasteiger partial charge in [0.2, 0.25) is 7.98 Å². The average Bonchev–Trinajstić information content (AvgIpc) is 2.93. The molecule has 0 unspecified atom stereocenters. The van der Waals surface area contributed by atoms with Crippen molar-refractivity contribution in [1.29, 1.82) is 0 Å². The quantitative estimate of drug-likeness (QED) is 0.490. The highest BCUT2D eigenvalue weighted by atomic mass is 16.3. The topological polar surface area (TPSA) is 16.4 Å². The van der Waals surface area contributed by atoms with Gasteiger partial charge < -0.3 is 9.23 Å². The van der Waals surface area contributed by atoms with Crippen LogP contribution in [0.2, 0.25) is 0 Å². The summed E-state index contributed by atoms with van der Waals surface area (Å²) in [5.74, 6) is 0. The van der Waals surface area contributed by atoms with E-state index in [1.54, 1.807) is 0 Å². The number of furan rings is 1. The van der Waals surface area contributed by atoms with Gasteiger partial charge in [-0.25, -0.2) is 0 Å². The molecule has 0 radical (unpaired) electrons. The van der Waals surface area contributed by atoms with Gasteiger partial charge in [-0.15, -0.1) is 0 Å². The predicted molar refractivity (Wildman–Crippen MR) is 100 cm³/mol. The van der Waals surface area contributed by atoms with Crippen LogP contribution in [-0.4, -0.2) is 7.98 Å². The van der Waals surface area contributed by atoms with Gasteiger partial charge in [0.1, 0.15) is 5.58 Å². The minimum Gasteiger partial charge on any atom is -0.454 e. The van der Waals surface area contributed by atoms with E-state index in [0.717, 1.165) is 22.2 Å². The number of hydrogen-bond acceptors (Lipinski definition) is 2. The van der Waals surface area contributed by atoms with Crippen molar-refractivity contribution in [2.24, 2.45) is 0 Å². The first-order chi connectivity index (χ1) is 11.1. The maximum absolute atomic E-state index is 6.15. The summed E-state index contributed by atoms with van der Waals surface area (Å²) in [7, 11) is 2.10. The number of para-hydroxylation sites is 2. The zero-order chi connectivity index (χ0) is 16.0. The molecule has 112 valence electrons. The third kappa shape index (κ3) is 2.20. The summed E-state index contributed by atoms with van der Waals surface area (Å²) in [5, 5.41) is 2.33. The van der Waals surface area contributed by atoms with E-state index in [4.69, 9.17) is 4.42 Å². The Kier molecular flexibility index (Phi) is 3.15. The van der Waals surface area contributed by atoms with Crippen LogP contribution >= 0.6 is 0 Å². The molecule has 0 aliphatic rings. The van der Waals surface area contributed by atoms with E-state index >= 15 is 0 Å². The summed E-state index contributed by atoms with van der Waals surface area (Å²) < 4.78 is 6.15. The van der Waals surface area contributed by atoms with Crippen molar-refractivity contribution in [2.75, 3.05) is 4.81 Å². The fourth-order valence-electron chi connectivity index (χ4n) is 3.31. The van der Waals surface area contributed by atoms with Gasteiger partial charge in [-0.3, -0.25) is 0 Å². The van der Waals surface area contributed by atoms with Gasteiger partial charge in [0.05, 0.1) is 5.69 Å². The van der Waals surface area contributed by atoms with E-state index in [2.05, 4.69) is 75.2 Å². The van der Waals surface area contributed by atoms with Crippen molar-refractivity contribution in [2.45, 2.75) is 13.8 Å². The third-order valence-corrected chi connectivity index (χ3v) is 4.46. The van der Waals surface area contributed by atoms with Gasteiger partial charge in [0.15, 0.2) is 5.58 Å². The fourth-order valence-corrected chi connectivity index (χ4v) is 3.31. The SMILES string of the molecule is BN(c1ccc(C)cc1C)c1cccc2c1oc1ccccc12. The second kappa shape index (κ2) is 5.20. The van der Waals surface area contributed by atoms with E-state index in [1.807, 2.05) is 12.1 Å². The molecule has 0 atom stereocenters. The molecule has 0 aliphatic carbocycles. The lowest BCUT2D eigenvalue weighted by Crippen LogP contribution is -2.13. The highest BCUT2D eigenvalue weighted by Crippen LogP contribution is 2.37. The Balaban J connectivity index is 1.94. The minimum atomic E-state index is 0.934. The molecule has 4 aromatic rings. The summed E-state index contributed by atoms with van der Waals surface area (Å²) in [6, 6.07) is 21.1. The van der Waals surface area contributed by atoms with Crippen molar-refractivity contribution in [1.82, 2.24) is 0 Å². The van der Waals surface area contributed by atoms with Crippen LogP contribution in [0.5, 0.6) is 0 Å². The first kappa shape index (κ1) is 14.0. The summed E-state index contributed by atoms with van der Waals surface area (Å²) in [5.41, 5.74) is 6.71. The predicted octanol–water partition coefficient (Wildman–Crippen LogP) is 4.89. The molecule has 2 nitrogen and oxygen atoms in total. The number of nitrogens with zero attached hydrogens (tertiary/aromatic N) is 1. The second-order valence-electron chi connectivity index (χ2n) is 6.10. The molecule has 0 fully saturated rings. The van der Waals surface area contributed by atoms with E-state index < -0.39 is 0 Å². The Bertz CT molecular complexity index is 1020. The number of anilines is 2. The van der Waals surface area contributed by atoms with Crippen LogP contribution in [-0.2, 0) is 0 Å². The molecule has 4 rings (SSSR count). The molecule has 1 heterocycles. The van der Waals surface area contributed by atoms with Crippen LogP contribution in [0.25, 0.3) is 21.9 Å². The maximum Gasteiger partial charge on any atom is 0.223 e. The first-order valence-electron chi connectivity index (χ1n) is 7.86. The van der Waals surface area contributed by atoms with E-state index in [-0.39, 0.29) is 0 Å². The Hall–Kier alpha value is -2.68. The summed E-state index contributed by atoms with van der Waals surface area (Å²) >= 11 is 0. The van der Waals surface area contributed by atoms with Gasteiger partial charge in [-0.1, -0.05) is 48.0 Å². The highest BCUT2D eigenvalue weighted by molar-refractivity contribution is 6.25. The third-order valence-electron chi connectivity index (χ3n) is 4.46. The molecule has 0 saturated carbocycles. The van der Waals surface area contributed by atoms with Crippen LogP contribution in [0, 0.1) is 13.8 Å². The van der Waals surface area contributed by atoms with E-state index in [1.165, 1.54) is 22.2 Å². The van der Waals surface area contributed by atoms with Crippen LogP contribution in [0.4, 0.5) is 11.4 Å². The number of fused-ring (bicyclic) bond motifs is 3. The molecular formula is C20H18BNO. The Labute approximate surface area is 136 Å². The monoisotopic (exact) mass is 299 g/mol. The summed E-state index contributed by atoms with van der Waals surface area (Å²) in [6.45, 7) is 4.27. The molecule has 0 bridgehead atoms. The molecule has 3 aromatic carbocycles. The van der Waals surface area contributed by atoms with Crippen molar-refractivity contribution in [3.8, 4) is 0 Å². The molecule has 0 spiro atoms. The fraction of sp³-hybridized carbons (Fsp3) is 0.100. The molecule has 0 saturated heterocycles. The minimum absolute atomic E-state index is 0.934. The zero-order valence-electron chi connectivity index (χ0n) is 13.6. The number of aryl methyl sites for hydroxylation is 2. The summed E-state index contributed by atoms with van der Waals surface area (Å²) in [6.07, 6.45) is 0. The van der Waals surface area contributed by atoms with Crippen LogP contribution in [0.15, 0.2) is 65.1 Å². The largest absolute Gasteiger partial charge is 0.454 e. The van der Waals surface area contributed by atoms with Crippen LogP contribution < -0.4 is 4.81 Å². The Morgan fingerprint density at radius 3 is 2.43 bits per heavy atom. The van der Waals surface area contributed by atoms with Gasteiger partial charge in [-0.2, -0.15) is 0 Å². The highest BCUT2D eigenvalue weighted by Gasteiger charge is 2.14. The lowest BCUT2D eigenvalue weighted by Gasteiger charge is -2.22. The molecule has 1 aromatic heterocycles. The van der Waals surface area contributed by atoms with Crippen molar-refractivity contribution >= 4 is 41.3 Å². The Morgan fingerprint density at radius 1 is 0.826 bits per heavy atom. The van der Waals surface area contributed by atoms with E-state index in [9.17, 15) is 0 Å². The average molecular weight is 299 g/mol. The molecular weight excluding hydrogens is 281 g/mol. The van der Waals surface area contributed by atoms with Crippen molar-refractivity contribution < 1.29 is 4.42 Å². The van der Waals surface area contributed by atoms with Gasteiger partial charge >= 0.3 is 0 Å². The van der Waals surface area contributed by atoms with E-state index in [0.29, 0.717) is 0 Å². The molecule has 0 aliphatic heterocycles. The lowest BCUT2D eigenvalue weighted by molar-refractivity contribution is 0.669. The molecule has 3 heteroatoms. The molecule has 0 amide bonds. The first-order valence-corrected chi connectivity index (χ1v) is 7.86. The van der Waals surface area contributed by atoms with Gasteiger partial charge in [0, 0.05) is 16.5 Å². The second-order valence-corrected chi connectivity index (χ2v) is 6.10. The van der Waals surface area contributed by atoms with Crippen LogP contribution in [0.1, 0.15) is 11.1 Å². The maximum atomic E-state index is 6.15. The number of benzene rings is 3. The van der Waals surface area contributed by atoms with Crippen molar-refractivity contribution in [3.63, 3.8) is 0 Å². The molecule has 0 N–H and O–H groups in total. The Morgan fingerprint density at radius 2 is 1.61 bits per heavy atom. The summed E-state index contributed by atoms with van der Waals surface area (Å²) in [4.78, 5) is 2.21. The number of hydrogen-bond donors (Lipinski definition) is 0. The van der Waals surface area contributed by atoms with Gasteiger partial charge in [-0.05, 0) is 37.6 Å². The smallest absolute Gasteiger partial charge is 0.223 e. The zero-order valence-corrected chi connectivity index (χ0v) is 13.6. The van der Waals surface area contributed by atoms with Crippen LogP contribution in [0.3, 0.4) is 0 Å². The number of rotatable bonds is 2. The van der Waals surface area contributed by atoms with Gasteiger partial charge in [0.25, 0.3) is 0 Å². The standard InChI is InChI=1S/C20H18BNO/c1-13-10-11-17(14(2)12-13)22(21)18-8-5-7-16-15-6-3-4-9-19(15)23-20(16)18/h3-12H,21H2,1-2H3. The lowest BCUT2D eigenvalue weighted by atomic mass is 10.0. The molecule has 23 heavy (non-hydrogen) atoms.